The van der Waals surface area contributed by atoms with Crippen LogP contribution < -0.4 is 16.1 Å². The number of aromatic amines is 1. The van der Waals surface area contributed by atoms with Crippen molar-refractivity contribution in [2.75, 3.05) is 6.61 Å². The van der Waals surface area contributed by atoms with E-state index in [1.54, 1.807) is 4.57 Å². The Bertz CT molecular complexity index is 1810. The van der Waals surface area contributed by atoms with Crippen molar-refractivity contribution in [1.29, 1.82) is 0 Å². The van der Waals surface area contributed by atoms with Crippen molar-refractivity contribution in [1.82, 2.24) is 19.7 Å². The van der Waals surface area contributed by atoms with Crippen LogP contribution in [0.5, 0.6) is 5.75 Å². The highest BCUT2D eigenvalue weighted by atomic mass is 16.5. The summed E-state index contributed by atoms with van der Waals surface area (Å²) in [5.41, 5.74) is 6.01. The molecule has 0 unspecified atom stereocenters. The van der Waals surface area contributed by atoms with Crippen molar-refractivity contribution >= 4 is 0 Å². The Morgan fingerprint density at radius 1 is 0.907 bits per heavy atom. The molecule has 0 saturated carbocycles. The fraction of sp³-hybridized carbons (Fsp3) is 0.314. The van der Waals surface area contributed by atoms with Gasteiger partial charge in [0.2, 0.25) is 0 Å². The van der Waals surface area contributed by atoms with Crippen LogP contribution in [-0.4, -0.2) is 26.3 Å². The van der Waals surface area contributed by atoms with Crippen molar-refractivity contribution < 1.29 is 9.26 Å². The molecule has 0 amide bonds. The van der Waals surface area contributed by atoms with Crippen LogP contribution in [0.15, 0.2) is 86.9 Å². The van der Waals surface area contributed by atoms with Gasteiger partial charge in [-0.2, -0.15) is 0 Å². The zero-order valence-electron chi connectivity index (χ0n) is 25.4. The number of nitrogens with one attached hydrogen (secondary N) is 1. The molecule has 222 valence electrons. The lowest BCUT2D eigenvalue weighted by molar-refractivity contribution is 0.198. The Balaban J connectivity index is 1.48. The molecule has 1 N–H and O–H groups in total. The fourth-order valence-electron chi connectivity index (χ4n) is 5.06. The molecule has 0 radical (unpaired) electrons. The summed E-state index contributed by atoms with van der Waals surface area (Å²) in [6, 6.07) is 23.5. The van der Waals surface area contributed by atoms with Gasteiger partial charge < -0.3 is 4.74 Å². The topological polar surface area (TPSA) is 103 Å². The van der Waals surface area contributed by atoms with E-state index in [1.807, 2.05) is 79.7 Å². The maximum Gasteiger partial charge on any atom is 0.439 e. The van der Waals surface area contributed by atoms with Crippen LogP contribution in [0.4, 0.5) is 0 Å². The predicted molar refractivity (Wildman–Crippen MR) is 169 cm³/mol. The van der Waals surface area contributed by atoms with Gasteiger partial charge in [-0.1, -0.05) is 94.7 Å². The highest BCUT2D eigenvalue weighted by Crippen LogP contribution is 2.30. The second-order valence-electron chi connectivity index (χ2n) is 11.9. The van der Waals surface area contributed by atoms with Crippen LogP contribution in [0.25, 0.3) is 28.2 Å². The maximum atomic E-state index is 14.1. The van der Waals surface area contributed by atoms with Gasteiger partial charge in [0.1, 0.15) is 11.6 Å². The summed E-state index contributed by atoms with van der Waals surface area (Å²) in [7, 11) is 0. The third kappa shape index (κ3) is 6.85. The van der Waals surface area contributed by atoms with Crippen LogP contribution in [-0.2, 0) is 19.3 Å². The van der Waals surface area contributed by atoms with E-state index in [1.165, 1.54) is 0 Å². The summed E-state index contributed by atoms with van der Waals surface area (Å²) < 4.78 is 12.4. The van der Waals surface area contributed by atoms with Crippen molar-refractivity contribution in [3.63, 3.8) is 0 Å². The highest BCUT2D eigenvalue weighted by molar-refractivity contribution is 5.80. The largest absolute Gasteiger partial charge is 0.493 e. The quantitative estimate of drug-likeness (QED) is 0.196. The number of aryl methyl sites for hydroxylation is 2. The third-order valence-electron chi connectivity index (χ3n) is 7.17. The Hall–Kier alpha value is -4.72. The molecule has 8 nitrogen and oxygen atoms in total. The molecular weight excluding hydrogens is 540 g/mol. The molecular formula is C35H38N4O4. The number of aromatic nitrogens is 4. The van der Waals surface area contributed by atoms with Crippen LogP contribution in [0, 0.1) is 5.41 Å². The summed E-state index contributed by atoms with van der Waals surface area (Å²) in [5.74, 6) is 1.31. The minimum absolute atomic E-state index is 0.0388. The van der Waals surface area contributed by atoms with Gasteiger partial charge in [0.05, 0.1) is 18.0 Å². The number of hydrogen-bond acceptors (Lipinski definition) is 6. The van der Waals surface area contributed by atoms with Crippen molar-refractivity contribution in [2.45, 2.75) is 60.3 Å². The van der Waals surface area contributed by atoms with Crippen LogP contribution in [0.2, 0.25) is 0 Å². The maximum absolute atomic E-state index is 14.1. The average molecular weight is 579 g/mol. The van der Waals surface area contributed by atoms with Gasteiger partial charge in [0.15, 0.2) is 5.82 Å². The van der Waals surface area contributed by atoms with E-state index in [9.17, 15) is 9.59 Å². The molecule has 0 aliphatic carbocycles. The van der Waals surface area contributed by atoms with Gasteiger partial charge in [-0.05, 0) is 52.8 Å². The van der Waals surface area contributed by atoms with Gasteiger partial charge in [-0.3, -0.25) is 18.9 Å². The van der Waals surface area contributed by atoms with E-state index in [4.69, 9.17) is 14.2 Å². The SMILES string of the molecule is CCCc1nc(CC)n(-c2ccc(OCC(C)(C)C)cc2)c(=O)c1Cc1ccc(-c2ccccc2-c2noc(=O)[nH]2)cc1. The monoisotopic (exact) mass is 578 g/mol. The van der Waals surface area contributed by atoms with Gasteiger partial charge in [-0.15, -0.1) is 0 Å². The smallest absolute Gasteiger partial charge is 0.439 e. The summed E-state index contributed by atoms with van der Waals surface area (Å²) in [6.07, 6.45) is 2.74. The van der Waals surface area contributed by atoms with E-state index in [0.29, 0.717) is 30.8 Å². The summed E-state index contributed by atoms with van der Waals surface area (Å²) in [6.45, 7) is 11.1. The molecule has 0 bridgehead atoms. The first-order valence-electron chi connectivity index (χ1n) is 14.8. The van der Waals surface area contributed by atoms with Gasteiger partial charge in [-0.25, -0.2) is 9.78 Å². The third-order valence-corrected chi connectivity index (χ3v) is 7.17. The molecule has 3 aromatic carbocycles. The summed E-state index contributed by atoms with van der Waals surface area (Å²) in [4.78, 5) is 33.3. The number of ether oxygens (including phenoxy) is 1. The molecule has 0 saturated heterocycles. The van der Waals surface area contributed by atoms with Crippen molar-refractivity contribution in [3.8, 4) is 34.0 Å². The highest BCUT2D eigenvalue weighted by Gasteiger charge is 2.18. The van der Waals surface area contributed by atoms with Gasteiger partial charge in [0.25, 0.3) is 5.56 Å². The Morgan fingerprint density at radius 3 is 2.21 bits per heavy atom. The zero-order valence-corrected chi connectivity index (χ0v) is 25.4. The number of nitrogens with zero attached hydrogens (tertiary/aromatic N) is 3. The van der Waals surface area contributed by atoms with Crippen LogP contribution in [0.3, 0.4) is 0 Å². The molecule has 0 fully saturated rings. The molecule has 8 heteroatoms. The first-order chi connectivity index (χ1) is 20.7. The van der Waals surface area contributed by atoms with Crippen molar-refractivity contribution in [2.24, 2.45) is 5.41 Å². The fourth-order valence-corrected chi connectivity index (χ4v) is 5.06. The summed E-state index contributed by atoms with van der Waals surface area (Å²) in [5, 5.41) is 3.86. The lowest BCUT2D eigenvalue weighted by Gasteiger charge is -2.19. The lowest BCUT2D eigenvalue weighted by atomic mass is 9.96. The molecule has 0 aliphatic heterocycles. The second-order valence-corrected chi connectivity index (χ2v) is 11.9. The zero-order chi connectivity index (χ0) is 30.6. The Morgan fingerprint density at radius 2 is 1.60 bits per heavy atom. The molecule has 0 aliphatic rings. The number of benzene rings is 3. The van der Waals surface area contributed by atoms with Crippen molar-refractivity contribution in [3.05, 3.63) is 116 Å². The Kier molecular flexibility index (Phi) is 8.76. The first kappa shape index (κ1) is 29.8. The summed E-state index contributed by atoms with van der Waals surface area (Å²) >= 11 is 0. The molecule has 43 heavy (non-hydrogen) atoms. The minimum Gasteiger partial charge on any atom is -0.493 e. The number of hydrogen-bond donors (Lipinski definition) is 1. The average Bonchev–Trinajstić information content (AvgIpc) is 3.44. The van der Waals surface area contributed by atoms with Crippen LogP contribution >= 0.6 is 0 Å². The van der Waals surface area contributed by atoms with Gasteiger partial charge >= 0.3 is 5.76 Å². The molecule has 2 aromatic heterocycles. The second kappa shape index (κ2) is 12.7. The lowest BCUT2D eigenvalue weighted by Crippen LogP contribution is -2.29. The molecule has 5 rings (SSSR count). The van der Waals surface area contributed by atoms with E-state index in [2.05, 4.69) is 37.8 Å². The minimum atomic E-state index is -0.596. The Labute approximate surface area is 251 Å². The molecule has 0 spiro atoms. The van der Waals surface area contributed by atoms with E-state index in [-0.39, 0.29) is 11.0 Å². The van der Waals surface area contributed by atoms with Gasteiger partial charge in [0, 0.05) is 24.0 Å². The van der Waals surface area contributed by atoms with E-state index >= 15 is 0 Å². The standard InChI is InChI=1S/C35H38N4O4/c1-6-10-30-29(33(40)39(31(7-2)36-30)25-17-19-26(20-18-25)42-22-35(3,4)5)21-23-13-15-24(16-14-23)27-11-8-9-12-28(27)32-37-34(41)43-38-32/h8-9,11-20H,6-7,10,21-22H2,1-5H3,(H,37,38,41). The van der Waals surface area contributed by atoms with Crippen LogP contribution in [0.1, 0.15) is 63.7 Å². The number of rotatable bonds is 10. The predicted octanol–water partition coefficient (Wildman–Crippen LogP) is 6.77. The van der Waals surface area contributed by atoms with E-state index in [0.717, 1.165) is 58.1 Å². The van der Waals surface area contributed by atoms with E-state index < -0.39 is 5.76 Å². The molecule has 0 atom stereocenters. The molecule has 5 aromatic rings. The molecule has 2 heterocycles. The first-order valence-corrected chi connectivity index (χ1v) is 14.8. The number of H-pyrrole nitrogens is 1. The normalized spacial score (nSPS) is 11.6.